The molecule has 0 atom stereocenters. The third-order valence-corrected chi connectivity index (χ3v) is 3.69. The van der Waals surface area contributed by atoms with Crippen LogP contribution in [0.4, 0.5) is 0 Å². The molecule has 0 aliphatic rings. The molecule has 0 N–H and O–H groups in total. The molecule has 3 nitrogen and oxygen atoms in total. The predicted octanol–water partition coefficient (Wildman–Crippen LogP) is 4.85. The molecule has 24 heavy (non-hydrogen) atoms. The Bertz CT molecular complexity index is 769. The molecule has 0 fully saturated rings. The van der Waals surface area contributed by atoms with Crippen LogP contribution >= 0.6 is 0 Å². The van der Waals surface area contributed by atoms with Gasteiger partial charge < -0.3 is 14.2 Å². The summed E-state index contributed by atoms with van der Waals surface area (Å²) in [6.07, 6.45) is 0. The summed E-state index contributed by atoms with van der Waals surface area (Å²) in [5.41, 5.74) is 2.02. The van der Waals surface area contributed by atoms with Crippen molar-refractivity contribution in [3.8, 4) is 17.2 Å². The van der Waals surface area contributed by atoms with Crippen molar-refractivity contribution in [2.24, 2.45) is 0 Å². The van der Waals surface area contributed by atoms with Crippen molar-refractivity contribution in [2.45, 2.75) is 13.2 Å². The second-order valence-corrected chi connectivity index (χ2v) is 5.31. The molecule has 0 unspecified atom stereocenters. The first-order valence-corrected chi connectivity index (χ1v) is 7.87. The van der Waals surface area contributed by atoms with Gasteiger partial charge >= 0.3 is 0 Å². The van der Waals surface area contributed by atoms with Crippen LogP contribution in [0.1, 0.15) is 11.1 Å². The quantitative estimate of drug-likeness (QED) is 0.622. The van der Waals surface area contributed by atoms with Crippen LogP contribution in [0.3, 0.4) is 0 Å². The summed E-state index contributed by atoms with van der Waals surface area (Å²) in [5.74, 6) is 2.49. The molecule has 3 aromatic carbocycles. The van der Waals surface area contributed by atoms with Crippen molar-refractivity contribution >= 4 is 0 Å². The molecule has 0 amide bonds. The minimum atomic E-state index is 0.451. The lowest BCUT2D eigenvalue weighted by atomic mass is 10.2. The summed E-state index contributed by atoms with van der Waals surface area (Å²) in [6, 6.07) is 25.6. The molecule has 0 saturated heterocycles. The van der Waals surface area contributed by atoms with E-state index >= 15 is 0 Å². The van der Waals surface area contributed by atoms with Crippen LogP contribution < -0.4 is 14.2 Å². The minimum absolute atomic E-state index is 0.451. The highest BCUT2D eigenvalue weighted by Gasteiger charge is 2.07. The van der Waals surface area contributed by atoms with E-state index in [-0.39, 0.29) is 0 Å². The largest absolute Gasteiger partial charge is 0.496 e. The molecule has 0 saturated carbocycles. The van der Waals surface area contributed by atoms with Crippen LogP contribution in [0, 0.1) is 0 Å². The Morgan fingerprint density at radius 2 is 1.12 bits per heavy atom. The maximum absolute atomic E-state index is 5.99. The first-order chi connectivity index (χ1) is 11.9. The lowest BCUT2D eigenvalue weighted by Crippen LogP contribution is -2.03. The van der Waals surface area contributed by atoms with Crippen LogP contribution in [0.15, 0.2) is 78.9 Å². The molecule has 0 bridgehead atoms. The monoisotopic (exact) mass is 320 g/mol. The van der Waals surface area contributed by atoms with Crippen LogP contribution in [-0.2, 0) is 13.2 Å². The summed E-state index contributed by atoms with van der Waals surface area (Å²) >= 11 is 0. The summed E-state index contributed by atoms with van der Waals surface area (Å²) < 4.78 is 17.2. The minimum Gasteiger partial charge on any atom is -0.496 e. The van der Waals surface area contributed by atoms with Gasteiger partial charge in [0, 0.05) is 11.1 Å². The van der Waals surface area contributed by atoms with E-state index < -0.39 is 0 Å². The molecular weight excluding hydrogens is 300 g/mol. The van der Waals surface area contributed by atoms with E-state index in [1.165, 1.54) is 0 Å². The second kappa shape index (κ2) is 8.06. The fourth-order valence-electron chi connectivity index (χ4n) is 2.42. The van der Waals surface area contributed by atoms with Gasteiger partial charge in [-0.1, -0.05) is 54.6 Å². The van der Waals surface area contributed by atoms with Gasteiger partial charge in [-0.05, 0) is 24.3 Å². The molecule has 3 rings (SSSR count). The highest BCUT2D eigenvalue weighted by atomic mass is 16.5. The number of rotatable bonds is 7. The van der Waals surface area contributed by atoms with Gasteiger partial charge in [0.1, 0.15) is 30.5 Å². The van der Waals surface area contributed by atoms with Crippen molar-refractivity contribution in [1.82, 2.24) is 0 Å². The first kappa shape index (κ1) is 15.9. The molecule has 3 aromatic rings. The van der Waals surface area contributed by atoms with Crippen LogP contribution in [0.2, 0.25) is 0 Å². The van der Waals surface area contributed by atoms with E-state index in [4.69, 9.17) is 14.2 Å². The van der Waals surface area contributed by atoms with Gasteiger partial charge in [0.25, 0.3) is 0 Å². The topological polar surface area (TPSA) is 27.7 Å². The molecule has 0 heterocycles. The number of hydrogen-bond donors (Lipinski definition) is 0. The van der Waals surface area contributed by atoms with E-state index in [9.17, 15) is 0 Å². The maximum atomic E-state index is 5.99. The van der Waals surface area contributed by atoms with E-state index in [0.29, 0.717) is 13.2 Å². The van der Waals surface area contributed by atoms with E-state index in [1.54, 1.807) is 7.11 Å². The Balaban J connectivity index is 1.68. The lowest BCUT2D eigenvalue weighted by Gasteiger charge is -2.14. The van der Waals surface area contributed by atoms with Crippen molar-refractivity contribution in [2.75, 3.05) is 7.11 Å². The number of hydrogen-bond acceptors (Lipinski definition) is 3. The van der Waals surface area contributed by atoms with Crippen molar-refractivity contribution < 1.29 is 14.2 Å². The molecule has 0 aliphatic heterocycles. The van der Waals surface area contributed by atoms with Gasteiger partial charge in [-0.15, -0.1) is 0 Å². The smallest absolute Gasteiger partial charge is 0.126 e. The molecule has 0 aliphatic carbocycles. The normalized spacial score (nSPS) is 10.2. The van der Waals surface area contributed by atoms with Crippen molar-refractivity contribution in [1.29, 1.82) is 0 Å². The number of benzene rings is 3. The van der Waals surface area contributed by atoms with Crippen LogP contribution in [0.5, 0.6) is 17.2 Å². The Morgan fingerprint density at radius 3 is 1.83 bits per heavy atom. The molecule has 0 aromatic heterocycles. The maximum Gasteiger partial charge on any atom is 0.126 e. The molecule has 122 valence electrons. The van der Waals surface area contributed by atoms with Gasteiger partial charge in [-0.25, -0.2) is 0 Å². The molecule has 0 radical (unpaired) electrons. The fraction of sp³-hybridized carbons (Fsp3) is 0.143. The molecule has 0 spiro atoms. The Morgan fingerprint density at radius 1 is 0.583 bits per heavy atom. The SMILES string of the molecule is COc1ccccc1COc1ccccc1COc1ccccc1. The fourth-order valence-corrected chi connectivity index (χ4v) is 2.42. The Hall–Kier alpha value is -2.94. The van der Waals surface area contributed by atoms with Crippen LogP contribution in [0.25, 0.3) is 0 Å². The standard InChI is InChI=1S/C21H20O3/c1-22-20-13-7-5-9-17(20)16-24-21-14-8-6-10-18(21)15-23-19-11-3-2-4-12-19/h2-14H,15-16H2,1H3. The average molecular weight is 320 g/mol. The molecular formula is C21H20O3. The summed E-state index contributed by atoms with van der Waals surface area (Å²) in [4.78, 5) is 0. The van der Waals surface area contributed by atoms with Crippen LogP contribution in [-0.4, -0.2) is 7.11 Å². The zero-order valence-corrected chi connectivity index (χ0v) is 13.6. The van der Waals surface area contributed by atoms with Gasteiger partial charge in [0.05, 0.1) is 7.11 Å². The zero-order valence-electron chi connectivity index (χ0n) is 13.6. The Labute approximate surface area is 142 Å². The van der Waals surface area contributed by atoms with Gasteiger partial charge in [0.15, 0.2) is 0 Å². The van der Waals surface area contributed by atoms with Gasteiger partial charge in [-0.2, -0.15) is 0 Å². The van der Waals surface area contributed by atoms with E-state index in [1.807, 2.05) is 78.9 Å². The number of ether oxygens (including phenoxy) is 3. The van der Waals surface area contributed by atoms with E-state index in [2.05, 4.69) is 0 Å². The van der Waals surface area contributed by atoms with Crippen molar-refractivity contribution in [3.63, 3.8) is 0 Å². The average Bonchev–Trinajstić information content (AvgIpc) is 2.66. The van der Waals surface area contributed by atoms with Gasteiger partial charge in [0.2, 0.25) is 0 Å². The van der Waals surface area contributed by atoms with Crippen molar-refractivity contribution in [3.05, 3.63) is 90.0 Å². The Kier molecular flexibility index (Phi) is 5.36. The van der Waals surface area contributed by atoms with E-state index in [0.717, 1.165) is 28.4 Å². The predicted molar refractivity (Wildman–Crippen MR) is 94.5 cm³/mol. The third-order valence-electron chi connectivity index (χ3n) is 3.69. The first-order valence-electron chi connectivity index (χ1n) is 7.87. The summed E-state index contributed by atoms with van der Waals surface area (Å²) in [7, 11) is 1.67. The van der Waals surface area contributed by atoms with Gasteiger partial charge in [-0.3, -0.25) is 0 Å². The zero-order chi connectivity index (χ0) is 16.6. The molecule has 3 heteroatoms. The highest BCUT2D eigenvalue weighted by Crippen LogP contribution is 2.24. The lowest BCUT2D eigenvalue weighted by molar-refractivity contribution is 0.270. The summed E-state index contributed by atoms with van der Waals surface area (Å²) in [6.45, 7) is 0.915. The summed E-state index contributed by atoms with van der Waals surface area (Å²) in [5, 5.41) is 0. The number of para-hydroxylation sites is 3. The second-order valence-electron chi connectivity index (χ2n) is 5.31. The highest BCUT2D eigenvalue weighted by molar-refractivity contribution is 5.36. The third kappa shape index (κ3) is 4.07. The number of methoxy groups -OCH3 is 1.